The average Bonchev–Trinajstić information content (AvgIpc) is 2.84. The van der Waals surface area contributed by atoms with E-state index in [1.807, 2.05) is 18.2 Å². The van der Waals surface area contributed by atoms with E-state index >= 15 is 0 Å². The lowest BCUT2D eigenvalue weighted by molar-refractivity contribution is -0.137. The van der Waals surface area contributed by atoms with Crippen LogP contribution in [-0.4, -0.2) is 53.2 Å². The van der Waals surface area contributed by atoms with Crippen molar-refractivity contribution in [1.82, 2.24) is 10.2 Å². The van der Waals surface area contributed by atoms with Gasteiger partial charge in [-0.25, -0.2) is 9.59 Å². The summed E-state index contributed by atoms with van der Waals surface area (Å²) in [4.78, 5) is 64.5. The molecule has 0 saturated carbocycles. The molecule has 1 aliphatic rings. The number of ether oxygens (including phenoxy) is 2. The number of carbonyl (C=O) groups is 5. The highest BCUT2D eigenvalue weighted by Gasteiger charge is 2.58. The first-order chi connectivity index (χ1) is 18.0. The molecule has 38 heavy (non-hydrogen) atoms. The van der Waals surface area contributed by atoms with Crippen molar-refractivity contribution in [2.24, 2.45) is 5.73 Å². The number of nitrogens with two attached hydrogens (primary N) is 1. The lowest BCUT2D eigenvalue weighted by Crippen LogP contribution is -2.76. The SMILES string of the molecule is CC(=O)Oc1cc(OC(C)=O)cc(C2(NC(=O)O)C(=O)N(C)C(=O)N(c3cccc4ccccc34)C2N)c1. The molecule has 196 valence electrons. The maximum absolute atomic E-state index is 13.8. The zero-order valence-electron chi connectivity index (χ0n) is 20.6. The number of likely N-dealkylation sites (N-methyl/N-ethyl adjacent to an activating group) is 1. The van der Waals surface area contributed by atoms with E-state index in [0.29, 0.717) is 11.1 Å². The number of carboxylic acid groups (broad SMARTS) is 1. The number of imide groups is 1. The standard InChI is InChI=1S/C26H24N4O8/c1-14(31)37-18-11-17(12-19(13-18)38-15(2)32)26(28-24(34)35)22(27)30(25(36)29(3)23(26)33)21-10-6-8-16-7-4-5-9-20(16)21/h4-13,22,28H,27H2,1-3H3,(H,34,35). The Morgan fingerprint density at radius 2 is 1.53 bits per heavy atom. The van der Waals surface area contributed by atoms with Gasteiger partial charge in [-0.2, -0.15) is 0 Å². The van der Waals surface area contributed by atoms with E-state index in [2.05, 4.69) is 5.32 Å². The van der Waals surface area contributed by atoms with E-state index in [1.54, 1.807) is 24.3 Å². The first-order valence-corrected chi connectivity index (χ1v) is 11.3. The summed E-state index contributed by atoms with van der Waals surface area (Å²) in [6.45, 7) is 2.27. The van der Waals surface area contributed by atoms with Gasteiger partial charge in [0.05, 0.1) is 5.69 Å². The van der Waals surface area contributed by atoms with Crippen molar-refractivity contribution in [3.8, 4) is 11.5 Å². The number of nitrogens with one attached hydrogen (secondary N) is 1. The van der Waals surface area contributed by atoms with E-state index < -0.39 is 41.7 Å². The number of hydrogen-bond acceptors (Lipinski definition) is 8. The minimum absolute atomic E-state index is 0.128. The van der Waals surface area contributed by atoms with Crippen LogP contribution in [-0.2, 0) is 19.9 Å². The van der Waals surface area contributed by atoms with Crippen LogP contribution in [0, 0.1) is 0 Å². The summed E-state index contributed by atoms with van der Waals surface area (Å²) < 4.78 is 10.3. The second kappa shape index (κ2) is 9.82. The average molecular weight is 520 g/mol. The Balaban J connectivity index is 2.01. The van der Waals surface area contributed by atoms with Gasteiger partial charge in [0.25, 0.3) is 5.91 Å². The molecule has 3 aromatic carbocycles. The molecule has 0 spiro atoms. The number of urea groups is 1. The summed E-state index contributed by atoms with van der Waals surface area (Å²) in [5, 5.41) is 13.4. The molecule has 12 nitrogen and oxygen atoms in total. The summed E-state index contributed by atoms with van der Waals surface area (Å²) >= 11 is 0. The molecule has 1 heterocycles. The molecule has 4 amide bonds. The van der Waals surface area contributed by atoms with Gasteiger partial charge in [0, 0.05) is 32.3 Å². The van der Waals surface area contributed by atoms with Crippen LogP contribution in [0.4, 0.5) is 15.3 Å². The fourth-order valence-electron chi connectivity index (χ4n) is 4.54. The zero-order chi connectivity index (χ0) is 27.8. The van der Waals surface area contributed by atoms with E-state index in [0.717, 1.165) is 29.0 Å². The Morgan fingerprint density at radius 1 is 0.947 bits per heavy atom. The van der Waals surface area contributed by atoms with Crippen LogP contribution in [0.25, 0.3) is 10.8 Å². The van der Waals surface area contributed by atoms with Gasteiger partial charge in [-0.05, 0) is 29.1 Å². The number of nitrogens with zero attached hydrogens (tertiary/aromatic N) is 2. The third-order valence-corrected chi connectivity index (χ3v) is 6.05. The number of carbonyl (C=O) groups excluding carboxylic acids is 4. The third-order valence-electron chi connectivity index (χ3n) is 6.05. The highest BCUT2D eigenvalue weighted by Crippen LogP contribution is 2.40. The van der Waals surface area contributed by atoms with Gasteiger partial charge in [-0.15, -0.1) is 0 Å². The molecule has 12 heteroatoms. The van der Waals surface area contributed by atoms with Gasteiger partial charge in [0.15, 0.2) is 5.54 Å². The molecular formula is C26H24N4O8. The number of benzene rings is 3. The van der Waals surface area contributed by atoms with E-state index in [-0.39, 0.29) is 17.1 Å². The Kier molecular flexibility index (Phi) is 6.75. The van der Waals surface area contributed by atoms with Crippen molar-refractivity contribution < 1.29 is 38.6 Å². The van der Waals surface area contributed by atoms with Crippen LogP contribution < -0.4 is 25.4 Å². The third kappa shape index (κ3) is 4.48. The first-order valence-electron chi connectivity index (χ1n) is 11.3. The first kappa shape index (κ1) is 26.1. The van der Waals surface area contributed by atoms with Crippen LogP contribution in [0.3, 0.4) is 0 Å². The van der Waals surface area contributed by atoms with Gasteiger partial charge >= 0.3 is 24.1 Å². The second-order valence-corrected chi connectivity index (χ2v) is 8.58. The zero-order valence-corrected chi connectivity index (χ0v) is 20.6. The van der Waals surface area contributed by atoms with Crippen molar-refractivity contribution in [3.63, 3.8) is 0 Å². The number of fused-ring (bicyclic) bond motifs is 1. The smallest absolute Gasteiger partial charge is 0.405 e. The summed E-state index contributed by atoms with van der Waals surface area (Å²) in [7, 11) is 1.19. The predicted molar refractivity (Wildman–Crippen MR) is 134 cm³/mol. The summed E-state index contributed by atoms with van der Waals surface area (Å²) in [5.74, 6) is -2.73. The number of rotatable bonds is 5. The van der Waals surface area contributed by atoms with E-state index in [1.165, 1.54) is 25.2 Å². The molecule has 1 saturated heterocycles. The Labute approximate surface area is 216 Å². The minimum atomic E-state index is -2.31. The molecule has 2 unspecified atom stereocenters. The van der Waals surface area contributed by atoms with E-state index in [4.69, 9.17) is 15.2 Å². The minimum Gasteiger partial charge on any atom is -0.465 e. The molecule has 4 N–H and O–H groups in total. The fraction of sp³-hybridized carbons (Fsp3) is 0.192. The Bertz CT molecular complexity index is 1450. The largest absolute Gasteiger partial charge is 0.465 e. The Morgan fingerprint density at radius 3 is 2.11 bits per heavy atom. The summed E-state index contributed by atoms with van der Waals surface area (Å²) in [6, 6.07) is 15.1. The highest BCUT2D eigenvalue weighted by atomic mass is 16.5. The van der Waals surface area contributed by atoms with Crippen LogP contribution in [0.1, 0.15) is 19.4 Å². The maximum Gasteiger partial charge on any atom is 0.405 e. The quantitative estimate of drug-likeness (QED) is 0.338. The number of hydrogen-bond donors (Lipinski definition) is 3. The summed E-state index contributed by atoms with van der Waals surface area (Å²) in [5.41, 5.74) is 4.51. The van der Waals surface area contributed by atoms with Gasteiger partial charge in [0.2, 0.25) is 0 Å². The Hall–Kier alpha value is -4.97. The van der Waals surface area contributed by atoms with Crippen LogP contribution in [0.15, 0.2) is 60.7 Å². The molecule has 1 fully saturated rings. The van der Waals surface area contributed by atoms with Crippen LogP contribution in [0.2, 0.25) is 0 Å². The summed E-state index contributed by atoms with van der Waals surface area (Å²) in [6.07, 6.45) is -3.25. The highest BCUT2D eigenvalue weighted by molar-refractivity contribution is 6.14. The second-order valence-electron chi connectivity index (χ2n) is 8.58. The molecular weight excluding hydrogens is 496 g/mol. The lowest BCUT2D eigenvalue weighted by atomic mass is 9.82. The molecule has 1 aliphatic heterocycles. The molecule has 3 aromatic rings. The van der Waals surface area contributed by atoms with Gasteiger partial charge in [-0.1, -0.05) is 36.4 Å². The van der Waals surface area contributed by atoms with Crippen LogP contribution in [0.5, 0.6) is 11.5 Å². The molecule has 0 radical (unpaired) electrons. The van der Waals surface area contributed by atoms with Crippen LogP contribution >= 0.6 is 0 Å². The normalized spacial score (nSPS) is 19.3. The maximum atomic E-state index is 13.8. The number of anilines is 1. The predicted octanol–water partition coefficient (Wildman–Crippen LogP) is 2.54. The van der Waals surface area contributed by atoms with Crippen molar-refractivity contribution in [2.45, 2.75) is 25.6 Å². The van der Waals surface area contributed by atoms with E-state index in [9.17, 15) is 29.1 Å². The van der Waals surface area contributed by atoms with Crippen molar-refractivity contribution in [2.75, 3.05) is 11.9 Å². The molecule has 0 aliphatic carbocycles. The van der Waals surface area contributed by atoms with Crippen molar-refractivity contribution in [3.05, 3.63) is 66.2 Å². The fourth-order valence-corrected chi connectivity index (χ4v) is 4.54. The monoisotopic (exact) mass is 520 g/mol. The lowest BCUT2D eigenvalue weighted by Gasteiger charge is -2.49. The van der Waals surface area contributed by atoms with Gasteiger partial charge in [0.1, 0.15) is 17.7 Å². The number of amides is 4. The van der Waals surface area contributed by atoms with Crippen molar-refractivity contribution in [1.29, 1.82) is 0 Å². The molecule has 2 atom stereocenters. The van der Waals surface area contributed by atoms with Gasteiger partial charge < -0.3 is 25.6 Å². The topological polar surface area (TPSA) is 169 Å². The molecule has 4 rings (SSSR count). The molecule has 0 aromatic heterocycles. The number of esters is 2. The molecule has 0 bridgehead atoms. The van der Waals surface area contributed by atoms with Gasteiger partial charge in [-0.3, -0.25) is 24.2 Å². The van der Waals surface area contributed by atoms with Crippen molar-refractivity contribution >= 4 is 46.4 Å².